The third-order valence-corrected chi connectivity index (χ3v) is 5.43. The smallest absolute Gasteiger partial charge is 0.387 e. The number of hydrogen-bond donors (Lipinski definition) is 1. The summed E-state index contributed by atoms with van der Waals surface area (Å²) >= 11 is 0. The van der Waals surface area contributed by atoms with E-state index in [2.05, 4.69) is 23.6 Å². The van der Waals surface area contributed by atoms with E-state index in [1.165, 1.54) is 6.07 Å². The number of allylic oxidation sites excluding steroid dienone is 1. The van der Waals surface area contributed by atoms with E-state index in [-0.39, 0.29) is 17.0 Å². The highest BCUT2D eigenvalue weighted by molar-refractivity contribution is 5.60. The fraction of sp³-hybridized carbons (Fsp3) is 0.231. The number of nitrogens with one attached hydrogen (secondary N) is 1. The largest absolute Gasteiger partial charge is 0.435 e. The van der Waals surface area contributed by atoms with Crippen LogP contribution in [-0.2, 0) is 11.8 Å². The van der Waals surface area contributed by atoms with Crippen LogP contribution in [-0.4, -0.2) is 6.61 Å². The number of benzene rings is 3. The number of halogens is 3. The number of anilines is 2. The molecule has 3 rings (SSSR count). The second-order valence-electron chi connectivity index (χ2n) is 7.68. The Bertz CT molecular complexity index is 989. The van der Waals surface area contributed by atoms with Gasteiger partial charge in [0, 0.05) is 11.1 Å². The lowest BCUT2D eigenvalue weighted by molar-refractivity contribution is -0.0498. The van der Waals surface area contributed by atoms with Gasteiger partial charge in [-0.15, -0.1) is 6.58 Å². The van der Waals surface area contributed by atoms with Gasteiger partial charge < -0.3 is 10.1 Å². The molecule has 0 aromatic heterocycles. The van der Waals surface area contributed by atoms with Crippen LogP contribution >= 0.6 is 0 Å². The molecule has 0 spiro atoms. The molecule has 1 unspecified atom stereocenters. The fourth-order valence-corrected chi connectivity index (χ4v) is 3.54. The summed E-state index contributed by atoms with van der Waals surface area (Å²) in [4.78, 5) is 0. The van der Waals surface area contributed by atoms with Gasteiger partial charge in [0.2, 0.25) is 0 Å². The molecule has 1 atom stereocenters. The molecule has 2 nitrogen and oxygen atoms in total. The van der Waals surface area contributed by atoms with Gasteiger partial charge in [-0.2, -0.15) is 8.78 Å². The van der Waals surface area contributed by atoms with E-state index in [9.17, 15) is 13.2 Å². The van der Waals surface area contributed by atoms with Crippen molar-refractivity contribution in [2.45, 2.75) is 38.2 Å². The number of aryl methyl sites for hydroxylation is 1. The molecule has 1 N–H and O–H groups in total. The van der Waals surface area contributed by atoms with E-state index in [0.29, 0.717) is 5.69 Å². The first-order valence-electron chi connectivity index (χ1n) is 10.2. The average molecular weight is 425 g/mol. The Labute approximate surface area is 181 Å². The predicted octanol–water partition coefficient (Wildman–Crippen LogP) is 7.64. The molecule has 31 heavy (non-hydrogen) atoms. The molecule has 0 saturated heterocycles. The maximum absolute atomic E-state index is 14.2. The molecule has 0 heterocycles. The van der Waals surface area contributed by atoms with Gasteiger partial charge in [-0.1, -0.05) is 49.4 Å². The van der Waals surface area contributed by atoms with Gasteiger partial charge in [0.1, 0.15) is 11.6 Å². The molecular weight excluding hydrogens is 399 g/mol. The SMILES string of the molecule is C=CC(C)(CCCc1ccc(F)c(Nc2ccccc2)c1)c1ccc(OC(F)F)cc1. The highest BCUT2D eigenvalue weighted by Crippen LogP contribution is 2.32. The van der Waals surface area contributed by atoms with Crippen molar-refractivity contribution in [3.63, 3.8) is 0 Å². The van der Waals surface area contributed by atoms with Gasteiger partial charge in [-0.05, 0) is 66.8 Å². The van der Waals surface area contributed by atoms with E-state index in [4.69, 9.17) is 0 Å². The first kappa shape index (κ1) is 22.5. The van der Waals surface area contributed by atoms with Crippen molar-refractivity contribution >= 4 is 11.4 Å². The summed E-state index contributed by atoms with van der Waals surface area (Å²) in [5, 5.41) is 3.12. The fourth-order valence-electron chi connectivity index (χ4n) is 3.54. The summed E-state index contributed by atoms with van der Waals surface area (Å²) in [6.07, 6.45) is 4.32. The van der Waals surface area contributed by atoms with Gasteiger partial charge in [0.05, 0.1) is 5.69 Å². The third kappa shape index (κ3) is 6.14. The molecule has 162 valence electrons. The lowest BCUT2D eigenvalue weighted by Gasteiger charge is -2.27. The summed E-state index contributed by atoms with van der Waals surface area (Å²) in [5.41, 5.74) is 2.98. The highest BCUT2D eigenvalue weighted by atomic mass is 19.3. The lowest BCUT2D eigenvalue weighted by Crippen LogP contribution is -2.19. The summed E-state index contributed by atoms with van der Waals surface area (Å²) in [5.74, 6) is -0.162. The summed E-state index contributed by atoms with van der Waals surface area (Å²) in [7, 11) is 0. The maximum atomic E-state index is 14.2. The van der Waals surface area contributed by atoms with Crippen LogP contribution in [0.25, 0.3) is 0 Å². The minimum Gasteiger partial charge on any atom is -0.435 e. The molecule has 0 radical (unpaired) electrons. The zero-order valence-corrected chi connectivity index (χ0v) is 17.5. The number of hydrogen-bond acceptors (Lipinski definition) is 2. The molecule has 0 saturated carbocycles. The Kier molecular flexibility index (Phi) is 7.40. The Hall–Kier alpha value is -3.21. The van der Waals surface area contributed by atoms with Gasteiger partial charge in [0.25, 0.3) is 0 Å². The highest BCUT2D eigenvalue weighted by Gasteiger charge is 2.22. The molecular formula is C26H26F3NO. The first-order chi connectivity index (χ1) is 14.9. The molecule has 5 heteroatoms. The Morgan fingerprint density at radius 1 is 1.03 bits per heavy atom. The van der Waals surface area contributed by atoms with Gasteiger partial charge in [-0.25, -0.2) is 4.39 Å². The van der Waals surface area contributed by atoms with Crippen molar-refractivity contribution in [1.82, 2.24) is 0 Å². The number of ether oxygens (including phenoxy) is 1. The Morgan fingerprint density at radius 2 is 1.74 bits per heavy atom. The van der Waals surface area contributed by atoms with Crippen LogP contribution in [0.4, 0.5) is 24.5 Å². The molecule has 0 bridgehead atoms. The van der Waals surface area contributed by atoms with Crippen LogP contribution in [0, 0.1) is 5.82 Å². The molecule has 0 aliphatic rings. The number of rotatable bonds is 10. The molecule has 0 aliphatic carbocycles. The van der Waals surface area contributed by atoms with Crippen molar-refractivity contribution in [2.24, 2.45) is 0 Å². The van der Waals surface area contributed by atoms with E-state index >= 15 is 0 Å². The van der Waals surface area contributed by atoms with Gasteiger partial charge in [0.15, 0.2) is 0 Å². The van der Waals surface area contributed by atoms with E-state index in [1.54, 1.807) is 30.3 Å². The second kappa shape index (κ2) is 10.2. The van der Waals surface area contributed by atoms with Crippen molar-refractivity contribution in [3.8, 4) is 5.75 Å². The number of alkyl halides is 2. The Balaban J connectivity index is 1.63. The van der Waals surface area contributed by atoms with Gasteiger partial charge in [-0.3, -0.25) is 0 Å². The van der Waals surface area contributed by atoms with Crippen LogP contribution in [0.5, 0.6) is 5.75 Å². The second-order valence-corrected chi connectivity index (χ2v) is 7.68. The molecule has 3 aromatic carbocycles. The van der Waals surface area contributed by atoms with Crippen LogP contribution in [0.3, 0.4) is 0 Å². The zero-order chi connectivity index (χ0) is 22.3. The standard InChI is InChI=1S/C26H26F3NO/c1-3-26(2,20-12-14-22(15-13-20)31-25(28)29)17-7-8-19-11-16-23(27)24(18-19)30-21-9-5-4-6-10-21/h3-6,9-16,18,25,30H,1,7-8,17H2,2H3. The predicted molar refractivity (Wildman–Crippen MR) is 120 cm³/mol. The normalized spacial score (nSPS) is 12.9. The quantitative estimate of drug-likeness (QED) is 0.337. The third-order valence-electron chi connectivity index (χ3n) is 5.43. The van der Waals surface area contributed by atoms with Gasteiger partial charge >= 0.3 is 6.61 Å². The van der Waals surface area contributed by atoms with E-state index in [1.807, 2.05) is 42.5 Å². The monoisotopic (exact) mass is 425 g/mol. The van der Waals surface area contributed by atoms with Crippen LogP contribution in [0.1, 0.15) is 30.9 Å². The maximum Gasteiger partial charge on any atom is 0.387 e. The van der Waals surface area contributed by atoms with Crippen LogP contribution in [0.2, 0.25) is 0 Å². The molecule has 0 amide bonds. The molecule has 0 fully saturated rings. The lowest BCUT2D eigenvalue weighted by atomic mass is 9.78. The van der Waals surface area contributed by atoms with Crippen molar-refractivity contribution in [2.75, 3.05) is 5.32 Å². The van der Waals surface area contributed by atoms with Crippen molar-refractivity contribution < 1.29 is 17.9 Å². The first-order valence-corrected chi connectivity index (χ1v) is 10.2. The van der Waals surface area contributed by atoms with E-state index < -0.39 is 6.61 Å². The van der Waals surface area contributed by atoms with E-state index in [0.717, 1.165) is 36.1 Å². The average Bonchev–Trinajstić information content (AvgIpc) is 2.76. The number of para-hydroxylation sites is 1. The minimum atomic E-state index is -2.84. The summed E-state index contributed by atoms with van der Waals surface area (Å²) < 4.78 is 43.4. The summed E-state index contributed by atoms with van der Waals surface area (Å²) in [6.45, 7) is 3.19. The topological polar surface area (TPSA) is 21.3 Å². The van der Waals surface area contributed by atoms with Crippen LogP contribution in [0.15, 0.2) is 85.5 Å². The van der Waals surface area contributed by atoms with Crippen molar-refractivity contribution in [1.29, 1.82) is 0 Å². The minimum absolute atomic E-state index is 0.134. The summed E-state index contributed by atoms with van der Waals surface area (Å²) in [6, 6.07) is 21.3. The van der Waals surface area contributed by atoms with Crippen molar-refractivity contribution in [3.05, 3.63) is 102 Å². The Morgan fingerprint density at radius 3 is 2.39 bits per heavy atom. The molecule has 0 aliphatic heterocycles. The zero-order valence-electron chi connectivity index (χ0n) is 17.5. The molecule has 3 aromatic rings. The van der Waals surface area contributed by atoms with Crippen LogP contribution < -0.4 is 10.1 Å².